The molecule has 0 aliphatic heterocycles. The zero-order chi connectivity index (χ0) is 18.5. The van der Waals surface area contributed by atoms with Gasteiger partial charge in [0.2, 0.25) is 11.6 Å². The van der Waals surface area contributed by atoms with E-state index in [-0.39, 0.29) is 12.5 Å². The third-order valence-electron chi connectivity index (χ3n) is 4.00. The van der Waals surface area contributed by atoms with Crippen molar-refractivity contribution in [2.45, 2.75) is 38.7 Å². The number of fused-ring (bicyclic) bond motifs is 1. The molecule has 0 unspecified atom stereocenters. The van der Waals surface area contributed by atoms with Crippen molar-refractivity contribution in [1.82, 2.24) is 9.97 Å². The number of furan rings is 1. The van der Waals surface area contributed by atoms with Gasteiger partial charge in [0.1, 0.15) is 11.7 Å². The zero-order valence-electron chi connectivity index (χ0n) is 14.3. The van der Waals surface area contributed by atoms with Gasteiger partial charge in [-0.15, -0.1) is 0 Å². The highest BCUT2D eigenvalue weighted by atomic mass is 79.9. The summed E-state index contributed by atoms with van der Waals surface area (Å²) in [6.07, 6.45) is 3.67. The van der Waals surface area contributed by atoms with Crippen molar-refractivity contribution < 1.29 is 19.1 Å². The molecule has 6 nitrogen and oxygen atoms in total. The Morgan fingerprint density at radius 3 is 2.77 bits per heavy atom. The summed E-state index contributed by atoms with van der Waals surface area (Å²) in [7, 11) is 0. The Bertz CT molecular complexity index is 895. The Balaban J connectivity index is 1.79. The Kier molecular flexibility index (Phi) is 5.88. The van der Waals surface area contributed by atoms with Crippen molar-refractivity contribution in [2.24, 2.45) is 0 Å². The molecule has 0 fully saturated rings. The number of ether oxygens (including phenoxy) is 1. The Labute approximate surface area is 159 Å². The fourth-order valence-electron chi connectivity index (χ4n) is 2.70. The SMILES string of the molecule is C[C@H](CCCCC(=O)O)Oc1ncnc2oc(-c3ccccc3)c(Br)c12. The van der Waals surface area contributed by atoms with Gasteiger partial charge >= 0.3 is 5.97 Å². The van der Waals surface area contributed by atoms with Crippen LogP contribution in [0, 0.1) is 0 Å². The number of carboxylic acid groups (broad SMARTS) is 1. The Morgan fingerprint density at radius 1 is 1.27 bits per heavy atom. The van der Waals surface area contributed by atoms with E-state index in [0.717, 1.165) is 22.9 Å². The van der Waals surface area contributed by atoms with E-state index < -0.39 is 5.97 Å². The van der Waals surface area contributed by atoms with Gasteiger partial charge in [-0.25, -0.2) is 9.97 Å². The lowest BCUT2D eigenvalue weighted by molar-refractivity contribution is -0.137. The van der Waals surface area contributed by atoms with Crippen molar-refractivity contribution in [3.05, 3.63) is 41.1 Å². The molecule has 0 aliphatic rings. The lowest BCUT2D eigenvalue weighted by Crippen LogP contribution is -2.13. The van der Waals surface area contributed by atoms with Crippen molar-refractivity contribution >= 4 is 33.0 Å². The number of carboxylic acids is 1. The molecule has 3 rings (SSSR count). The maximum Gasteiger partial charge on any atom is 0.303 e. The number of nitrogens with zero attached hydrogens (tertiary/aromatic N) is 2. The topological polar surface area (TPSA) is 85.5 Å². The number of aliphatic carboxylic acids is 1. The molecular weight excluding hydrogens is 400 g/mol. The smallest absolute Gasteiger partial charge is 0.303 e. The van der Waals surface area contributed by atoms with Gasteiger partial charge in [0, 0.05) is 12.0 Å². The quantitative estimate of drug-likeness (QED) is 0.514. The molecule has 0 aliphatic carbocycles. The van der Waals surface area contributed by atoms with Gasteiger partial charge in [0.25, 0.3) is 0 Å². The molecule has 136 valence electrons. The first kappa shape index (κ1) is 18.4. The van der Waals surface area contributed by atoms with Crippen molar-refractivity contribution in [3.63, 3.8) is 0 Å². The van der Waals surface area contributed by atoms with E-state index in [9.17, 15) is 4.79 Å². The molecule has 2 aromatic heterocycles. The number of hydrogen-bond acceptors (Lipinski definition) is 5. The first-order valence-electron chi connectivity index (χ1n) is 8.43. The number of carbonyl (C=O) groups is 1. The third-order valence-corrected chi connectivity index (χ3v) is 4.75. The first-order valence-corrected chi connectivity index (χ1v) is 9.22. The van der Waals surface area contributed by atoms with Gasteiger partial charge in [0.05, 0.1) is 10.6 Å². The number of unbranched alkanes of at least 4 members (excludes halogenated alkanes) is 1. The molecule has 1 atom stereocenters. The van der Waals surface area contributed by atoms with Crippen molar-refractivity contribution in [2.75, 3.05) is 0 Å². The second kappa shape index (κ2) is 8.31. The molecule has 7 heteroatoms. The molecule has 0 saturated heterocycles. The molecule has 3 aromatic rings. The predicted molar refractivity (Wildman–Crippen MR) is 101 cm³/mol. The number of aromatic nitrogens is 2. The van der Waals surface area contributed by atoms with E-state index in [2.05, 4.69) is 25.9 Å². The molecule has 2 heterocycles. The van der Waals surface area contributed by atoms with Crippen molar-refractivity contribution in [3.8, 4) is 17.2 Å². The Morgan fingerprint density at radius 2 is 2.04 bits per heavy atom. The first-order chi connectivity index (χ1) is 12.6. The van der Waals surface area contributed by atoms with E-state index in [1.165, 1.54) is 6.33 Å². The summed E-state index contributed by atoms with van der Waals surface area (Å²) >= 11 is 3.59. The number of rotatable bonds is 8. The average molecular weight is 419 g/mol. The van der Waals surface area contributed by atoms with Gasteiger partial charge in [-0.05, 0) is 42.1 Å². The zero-order valence-corrected chi connectivity index (χ0v) is 15.9. The summed E-state index contributed by atoms with van der Waals surface area (Å²) in [6.45, 7) is 1.95. The largest absolute Gasteiger partial charge is 0.481 e. The van der Waals surface area contributed by atoms with Gasteiger partial charge in [0.15, 0.2) is 5.76 Å². The molecule has 0 amide bonds. The lowest BCUT2D eigenvalue weighted by atomic mass is 10.1. The number of hydrogen-bond donors (Lipinski definition) is 1. The molecule has 1 N–H and O–H groups in total. The molecule has 0 spiro atoms. The third kappa shape index (κ3) is 4.22. The van der Waals surface area contributed by atoms with E-state index in [0.29, 0.717) is 29.2 Å². The normalized spacial score (nSPS) is 12.2. The molecule has 0 bridgehead atoms. The summed E-state index contributed by atoms with van der Waals surface area (Å²) in [5, 5.41) is 9.39. The average Bonchev–Trinajstić information content (AvgIpc) is 2.97. The van der Waals surface area contributed by atoms with Gasteiger partial charge in [-0.2, -0.15) is 0 Å². The molecular formula is C19H19BrN2O4. The van der Waals surface area contributed by atoms with Crippen LogP contribution in [-0.4, -0.2) is 27.1 Å². The van der Waals surface area contributed by atoms with Gasteiger partial charge in [-0.1, -0.05) is 30.3 Å². The van der Waals surface area contributed by atoms with E-state index in [1.54, 1.807) is 0 Å². The highest BCUT2D eigenvalue weighted by molar-refractivity contribution is 9.10. The van der Waals surface area contributed by atoms with Crippen LogP contribution >= 0.6 is 15.9 Å². The van der Waals surface area contributed by atoms with Crippen LogP contribution in [0.1, 0.15) is 32.6 Å². The minimum absolute atomic E-state index is 0.0936. The fraction of sp³-hybridized carbons (Fsp3) is 0.316. The minimum atomic E-state index is -0.771. The van der Waals surface area contributed by atoms with Crippen LogP contribution in [0.25, 0.3) is 22.4 Å². The lowest BCUT2D eigenvalue weighted by Gasteiger charge is -2.13. The van der Waals surface area contributed by atoms with Crippen LogP contribution in [0.3, 0.4) is 0 Å². The van der Waals surface area contributed by atoms with Crippen LogP contribution in [0.2, 0.25) is 0 Å². The summed E-state index contributed by atoms with van der Waals surface area (Å²) in [5.41, 5.74) is 1.39. The van der Waals surface area contributed by atoms with Crippen LogP contribution < -0.4 is 4.74 Å². The highest BCUT2D eigenvalue weighted by Crippen LogP contribution is 2.40. The Hall–Kier alpha value is -2.41. The molecule has 26 heavy (non-hydrogen) atoms. The summed E-state index contributed by atoms with van der Waals surface area (Å²) < 4.78 is 12.6. The van der Waals surface area contributed by atoms with E-state index >= 15 is 0 Å². The second-order valence-corrected chi connectivity index (χ2v) is 6.83. The standard InChI is InChI=1S/C19H19BrN2O4/c1-12(7-5-6-10-14(23)24)25-18-15-16(20)17(13-8-3-2-4-9-13)26-19(15)22-11-21-18/h2-4,8-9,11-12H,5-7,10H2,1H3,(H,23,24)/t12-/m1/s1. The maximum absolute atomic E-state index is 10.6. The van der Waals surface area contributed by atoms with Crippen LogP contribution in [0.15, 0.2) is 45.5 Å². The maximum atomic E-state index is 10.6. The fourth-order valence-corrected chi connectivity index (χ4v) is 3.35. The van der Waals surface area contributed by atoms with Crippen LogP contribution in [0.4, 0.5) is 0 Å². The number of benzene rings is 1. The van der Waals surface area contributed by atoms with E-state index in [1.807, 2.05) is 37.3 Å². The monoisotopic (exact) mass is 418 g/mol. The highest BCUT2D eigenvalue weighted by Gasteiger charge is 2.20. The number of halogens is 1. The molecule has 1 aromatic carbocycles. The summed E-state index contributed by atoms with van der Waals surface area (Å²) in [4.78, 5) is 19.0. The van der Waals surface area contributed by atoms with Crippen LogP contribution in [-0.2, 0) is 4.79 Å². The van der Waals surface area contributed by atoms with E-state index in [4.69, 9.17) is 14.3 Å². The summed E-state index contributed by atoms with van der Waals surface area (Å²) in [5.74, 6) is 0.366. The predicted octanol–water partition coefficient (Wildman–Crippen LogP) is 5.06. The van der Waals surface area contributed by atoms with Crippen molar-refractivity contribution in [1.29, 1.82) is 0 Å². The summed E-state index contributed by atoms with van der Waals surface area (Å²) in [6, 6.07) is 9.75. The van der Waals surface area contributed by atoms with Crippen LogP contribution in [0.5, 0.6) is 5.88 Å². The van der Waals surface area contributed by atoms with Gasteiger partial charge in [-0.3, -0.25) is 4.79 Å². The minimum Gasteiger partial charge on any atom is -0.481 e. The second-order valence-electron chi connectivity index (χ2n) is 6.04. The molecule has 0 saturated carbocycles. The molecule has 0 radical (unpaired) electrons. The van der Waals surface area contributed by atoms with Gasteiger partial charge < -0.3 is 14.3 Å².